The van der Waals surface area contributed by atoms with Crippen LogP contribution in [0.15, 0.2) is 12.1 Å². The van der Waals surface area contributed by atoms with Crippen LogP contribution < -0.4 is 4.74 Å². The molecule has 3 nitrogen and oxygen atoms in total. The molecule has 21 heavy (non-hydrogen) atoms. The van der Waals surface area contributed by atoms with Crippen LogP contribution in [0.5, 0.6) is 5.75 Å². The normalized spacial score (nSPS) is 21.5. The molecule has 0 radical (unpaired) electrons. The number of alkyl halides is 1. The summed E-state index contributed by atoms with van der Waals surface area (Å²) < 4.78 is 21.1. The van der Waals surface area contributed by atoms with E-state index in [-0.39, 0.29) is 11.1 Å². The number of hydrogen-bond acceptors (Lipinski definition) is 2. The molecule has 1 heterocycles. The highest BCUT2D eigenvalue weighted by molar-refractivity contribution is 6.20. The lowest BCUT2D eigenvalue weighted by atomic mass is 10.1. The SMILES string of the molecule is COc1cc2c(cc1F)nc(C(C)Cl)n2CC1CC1(C)C. The average molecular weight is 311 g/mol. The fraction of sp³-hybridized carbons (Fsp3) is 0.562. The summed E-state index contributed by atoms with van der Waals surface area (Å²) >= 11 is 6.26. The van der Waals surface area contributed by atoms with E-state index in [1.807, 2.05) is 6.92 Å². The molecule has 5 heteroatoms. The van der Waals surface area contributed by atoms with Gasteiger partial charge in [0.05, 0.1) is 23.5 Å². The lowest BCUT2D eigenvalue weighted by Gasteiger charge is -2.12. The standard InChI is InChI=1S/C16H20ClFN2O/c1-9(17)15-19-12-5-11(18)14(21-4)6-13(12)20(15)8-10-7-16(10,2)3/h5-6,9-10H,7-8H2,1-4H3. The Kier molecular flexibility index (Phi) is 3.40. The average Bonchev–Trinajstić information content (AvgIpc) is 2.85. The Balaban J connectivity index is 2.11. The number of imidazole rings is 1. The van der Waals surface area contributed by atoms with Gasteiger partial charge in [-0.1, -0.05) is 13.8 Å². The zero-order chi connectivity index (χ0) is 15.4. The Hall–Kier alpha value is -1.29. The lowest BCUT2D eigenvalue weighted by molar-refractivity contribution is 0.387. The first-order valence-electron chi connectivity index (χ1n) is 7.21. The molecule has 1 aromatic heterocycles. The second kappa shape index (κ2) is 4.87. The Labute approximate surface area is 129 Å². The van der Waals surface area contributed by atoms with E-state index in [9.17, 15) is 4.39 Å². The maximum absolute atomic E-state index is 13.9. The summed E-state index contributed by atoms with van der Waals surface area (Å²) in [5.74, 6) is 1.25. The molecule has 3 rings (SSSR count). The number of hydrogen-bond donors (Lipinski definition) is 0. The fourth-order valence-electron chi connectivity index (χ4n) is 2.91. The van der Waals surface area contributed by atoms with Crippen molar-refractivity contribution in [2.45, 2.75) is 39.1 Å². The van der Waals surface area contributed by atoms with Crippen molar-refractivity contribution in [3.05, 3.63) is 23.8 Å². The lowest BCUT2D eigenvalue weighted by Crippen LogP contribution is -2.08. The molecule has 1 aliphatic rings. The maximum Gasteiger partial charge on any atom is 0.167 e. The molecular formula is C16H20ClFN2O. The van der Waals surface area contributed by atoms with E-state index in [1.165, 1.54) is 19.6 Å². The predicted octanol–water partition coefficient (Wildman–Crippen LogP) is 4.53. The minimum atomic E-state index is -0.393. The van der Waals surface area contributed by atoms with Gasteiger partial charge in [0.2, 0.25) is 0 Å². The van der Waals surface area contributed by atoms with Crippen LogP contribution in [0, 0.1) is 17.2 Å². The predicted molar refractivity (Wildman–Crippen MR) is 82.4 cm³/mol. The third-order valence-electron chi connectivity index (χ3n) is 4.53. The van der Waals surface area contributed by atoms with Gasteiger partial charge in [-0.05, 0) is 24.7 Å². The summed E-state index contributed by atoms with van der Waals surface area (Å²) in [6.07, 6.45) is 1.20. The van der Waals surface area contributed by atoms with Crippen LogP contribution in [0.2, 0.25) is 0 Å². The Morgan fingerprint density at radius 3 is 2.71 bits per heavy atom. The molecule has 1 saturated carbocycles. The van der Waals surface area contributed by atoms with Crippen molar-refractivity contribution in [3.63, 3.8) is 0 Å². The van der Waals surface area contributed by atoms with Crippen LogP contribution in [-0.4, -0.2) is 16.7 Å². The topological polar surface area (TPSA) is 27.1 Å². The summed E-state index contributed by atoms with van der Waals surface area (Å²) in [6, 6.07) is 3.14. The summed E-state index contributed by atoms with van der Waals surface area (Å²) in [5.41, 5.74) is 1.89. The van der Waals surface area contributed by atoms with E-state index in [0.29, 0.717) is 16.8 Å². The Bertz CT molecular complexity index is 693. The Morgan fingerprint density at radius 1 is 1.52 bits per heavy atom. The van der Waals surface area contributed by atoms with Gasteiger partial charge in [0.25, 0.3) is 0 Å². The molecule has 2 atom stereocenters. The molecule has 1 aromatic carbocycles. The van der Waals surface area contributed by atoms with Gasteiger partial charge >= 0.3 is 0 Å². The molecule has 114 valence electrons. The quantitative estimate of drug-likeness (QED) is 0.776. The molecule has 0 spiro atoms. The monoisotopic (exact) mass is 310 g/mol. The number of rotatable bonds is 4. The van der Waals surface area contributed by atoms with Gasteiger partial charge in [0, 0.05) is 18.7 Å². The molecule has 2 aromatic rings. The van der Waals surface area contributed by atoms with Crippen LogP contribution in [0.3, 0.4) is 0 Å². The van der Waals surface area contributed by atoms with E-state index in [0.717, 1.165) is 17.9 Å². The van der Waals surface area contributed by atoms with Crippen LogP contribution in [-0.2, 0) is 6.54 Å². The largest absolute Gasteiger partial charge is 0.494 e. The van der Waals surface area contributed by atoms with Crippen LogP contribution >= 0.6 is 11.6 Å². The minimum Gasteiger partial charge on any atom is -0.494 e. The van der Waals surface area contributed by atoms with Gasteiger partial charge < -0.3 is 9.30 Å². The highest BCUT2D eigenvalue weighted by Crippen LogP contribution is 2.53. The number of fused-ring (bicyclic) bond motifs is 1. The number of ether oxygens (including phenoxy) is 1. The van der Waals surface area contributed by atoms with E-state index >= 15 is 0 Å². The van der Waals surface area contributed by atoms with Gasteiger partial charge in [0.1, 0.15) is 5.82 Å². The first-order chi connectivity index (χ1) is 9.83. The third-order valence-corrected chi connectivity index (χ3v) is 4.72. The molecule has 0 bridgehead atoms. The molecule has 1 fully saturated rings. The van der Waals surface area contributed by atoms with E-state index in [2.05, 4.69) is 23.4 Å². The highest BCUT2D eigenvalue weighted by Gasteiger charge is 2.45. The van der Waals surface area contributed by atoms with Crippen LogP contribution in [0.4, 0.5) is 4.39 Å². The second-order valence-electron chi connectivity index (χ2n) is 6.56. The van der Waals surface area contributed by atoms with E-state index in [1.54, 1.807) is 6.07 Å². The number of aromatic nitrogens is 2. The van der Waals surface area contributed by atoms with Crippen molar-refractivity contribution in [3.8, 4) is 5.75 Å². The van der Waals surface area contributed by atoms with Gasteiger partial charge in [-0.3, -0.25) is 0 Å². The minimum absolute atomic E-state index is 0.215. The van der Waals surface area contributed by atoms with Gasteiger partial charge in [-0.15, -0.1) is 11.6 Å². The van der Waals surface area contributed by atoms with Crippen molar-refractivity contribution in [1.82, 2.24) is 9.55 Å². The van der Waals surface area contributed by atoms with Crippen molar-refractivity contribution >= 4 is 22.6 Å². The zero-order valence-electron chi connectivity index (χ0n) is 12.8. The van der Waals surface area contributed by atoms with Crippen molar-refractivity contribution in [2.24, 2.45) is 11.3 Å². The number of methoxy groups -OCH3 is 1. The molecule has 0 amide bonds. The second-order valence-corrected chi connectivity index (χ2v) is 7.22. The van der Waals surface area contributed by atoms with Gasteiger partial charge in [0.15, 0.2) is 11.6 Å². The maximum atomic E-state index is 13.9. The van der Waals surface area contributed by atoms with Crippen molar-refractivity contribution < 1.29 is 9.13 Å². The van der Waals surface area contributed by atoms with Crippen LogP contribution in [0.25, 0.3) is 11.0 Å². The summed E-state index contributed by atoms with van der Waals surface area (Å²) in [5, 5.41) is -0.215. The number of benzene rings is 1. The molecular weight excluding hydrogens is 291 g/mol. The number of nitrogens with zero attached hydrogens (tertiary/aromatic N) is 2. The smallest absolute Gasteiger partial charge is 0.167 e. The third kappa shape index (κ3) is 2.50. The summed E-state index contributed by atoms with van der Waals surface area (Å²) in [4.78, 5) is 4.51. The molecule has 1 aliphatic carbocycles. The Morgan fingerprint density at radius 2 is 2.19 bits per heavy atom. The van der Waals surface area contributed by atoms with Crippen molar-refractivity contribution in [2.75, 3.05) is 7.11 Å². The zero-order valence-corrected chi connectivity index (χ0v) is 13.5. The fourth-order valence-corrected chi connectivity index (χ4v) is 3.07. The van der Waals surface area contributed by atoms with E-state index < -0.39 is 5.82 Å². The molecule has 2 unspecified atom stereocenters. The van der Waals surface area contributed by atoms with E-state index in [4.69, 9.17) is 16.3 Å². The van der Waals surface area contributed by atoms with Crippen molar-refractivity contribution in [1.29, 1.82) is 0 Å². The first-order valence-corrected chi connectivity index (χ1v) is 7.65. The highest BCUT2D eigenvalue weighted by atomic mass is 35.5. The summed E-state index contributed by atoms with van der Waals surface area (Å²) in [6.45, 7) is 7.29. The molecule has 0 aliphatic heterocycles. The van der Waals surface area contributed by atoms with Crippen LogP contribution in [0.1, 0.15) is 38.4 Å². The number of halogens is 2. The van der Waals surface area contributed by atoms with Gasteiger partial charge in [-0.25, -0.2) is 9.37 Å². The first kappa shape index (κ1) is 14.6. The summed E-state index contributed by atoms with van der Waals surface area (Å²) in [7, 11) is 1.47. The molecule has 0 N–H and O–H groups in total. The van der Waals surface area contributed by atoms with Gasteiger partial charge in [-0.2, -0.15) is 0 Å². The molecule has 0 saturated heterocycles.